The quantitative estimate of drug-likeness (QED) is 0.853. The molecule has 120 valence electrons. The molecule has 5 nitrogen and oxygen atoms in total. The summed E-state index contributed by atoms with van der Waals surface area (Å²) in [7, 11) is 0. The lowest BCUT2D eigenvalue weighted by Gasteiger charge is -2.25. The fourth-order valence-corrected chi connectivity index (χ4v) is 2.57. The highest BCUT2D eigenvalue weighted by Crippen LogP contribution is 2.21. The summed E-state index contributed by atoms with van der Waals surface area (Å²) >= 11 is 0. The van der Waals surface area contributed by atoms with Gasteiger partial charge in [-0.25, -0.2) is 4.39 Å². The topological polar surface area (TPSA) is 69.6 Å². The summed E-state index contributed by atoms with van der Waals surface area (Å²) < 4.78 is 12.9. The number of aliphatic hydroxyl groups is 1. The molecule has 1 heterocycles. The zero-order valence-electron chi connectivity index (χ0n) is 12.8. The number of hydrogen-bond donors (Lipinski definition) is 2. The molecule has 1 aliphatic heterocycles. The van der Waals surface area contributed by atoms with Crippen LogP contribution in [-0.4, -0.2) is 41.5 Å². The van der Waals surface area contributed by atoms with Crippen molar-refractivity contribution in [3.63, 3.8) is 0 Å². The molecule has 2 atom stereocenters. The molecule has 0 spiro atoms. The van der Waals surface area contributed by atoms with Gasteiger partial charge in [-0.2, -0.15) is 0 Å². The Kier molecular flexibility index (Phi) is 4.81. The number of carbonyl (C=O) groups excluding carboxylic acids is 2. The smallest absolute Gasteiger partial charge is 0.225 e. The third kappa shape index (κ3) is 3.62. The summed E-state index contributed by atoms with van der Waals surface area (Å²) in [5.41, 5.74) is -0.775. The molecule has 2 unspecified atom stereocenters. The second-order valence-electron chi connectivity index (χ2n) is 5.83. The number of nitrogens with one attached hydrogen (secondary N) is 1. The van der Waals surface area contributed by atoms with E-state index >= 15 is 0 Å². The molecule has 2 rings (SSSR count). The maximum atomic E-state index is 12.9. The first-order valence-electron chi connectivity index (χ1n) is 7.37. The van der Waals surface area contributed by atoms with Gasteiger partial charge in [-0.05, 0) is 31.5 Å². The maximum absolute atomic E-state index is 12.9. The van der Waals surface area contributed by atoms with Crippen molar-refractivity contribution in [2.45, 2.75) is 25.9 Å². The zero-order chi connectivity index (χ0) is 16.3. The SMILES string of the molecule is CCN1CC(C(=O)NCC(C)(O)c2ccc(F)cc2)CC1=O. The van der Waals surface area contributed by atoms with Crippen molar-refractivity contribution in [1.29, 1.82) is 0 Å². The van der Waals surface area contributed by atoms with E-state index in [4.69, 9.17) is 0 Å². The maximum Gasteiger partial charge on any atom is 0.225 e. The number of rotatable bonds is 5. The van der Waals surface area contributed by atoms with E-state index in [-0.39, 0.29) is 36.5 Å². The van der Waals surface area contributed by atoms with Crippen molar-refractivity contribution in [1.82, 2.24) is 10.2 Å². The molecule has 0 radical (unpaired) electrons. The van der Waals surface area contributed by atoms with Crippen LogP contribution in [-0.2, 0) is 15.2 Å². The Labute approximate surface area is 129 Å². The number of nitrogens with zero attached hydrogens (tertiary/aromatic N) is 1. The van der Waals surface area contributed by atoms with Crippen LogP contribution in [0.15, 0.2) is 24.3 Å². The van der Waals surface area contributed by atoms with Gasteiger partial charge in [0.25, 0.3) is 0 Å². The number of hydrogen-bond acceptors (Lipinski definition) is 3. The highest BCUT2D eigenvalue weighted by Gasteiger charge is 2.34. The van der Waals surface area contributed by atoms with Gasteiger partial charge in [-0.15, -0.1) is 0 Å². The Balaban J connectivity index is 1.93. The van der Waals surface area contributed by atoms with Crippen molar-refractivity contribution in [3.05, 3.63) is 35.6 Å². The van der Waals surface area contributed by atoms with E-state index in [1.807, 2.05) is 6.92 Å². The van der Waals surface area contributed by atoms with Crippen LogP contribution >= 0.6 is 0 Å². The lowest BCUT2D eigenvalue weighted by atomic mass is 9.95. The van der Waals surface area contributed by atoms with Crippen molar-refractivity contribution in [3.8, 4) is 0 Å². The largest absolute Gasteiger partial charge is 0.384 e. The van der Waals surface area contributed by atoms with Gasteiger partial charge in [-0.1, -0.05) is 12.1 Å². The zero-order valence-corrected chi connectivity index (χ0v) is 12.8. The fraction of sp³-hybridized carbons (Fsp3) is 0.500. The van der Waals surface area contributed by atoms with Gasteiger partial charge in [-0.3, -0.25) is 9.59 Å². The van der Waals surface area contributed by atoms with Crippen LogP contribution in [0.1, 0.15) is 25.8 Å². The molecule has 1 aliphatic rings. The summed E-state index contributed by atoms with van der Waals surface area (Å²) in [5, 5.41) is 13.1. The van der Waals surface area contributed by atoms with E-state index < -0.39 is 5.60 Å². The molecule has 0 aliphatic carbocycles. The van der Waals surface area contributed by atoms with Gasteiger partial charge in [0.05, 0.1) is 12.5 Å². The number of likely N-dealkylation sites (tertiary alicyclic amines) is 1. The minimum atomic E-state index is -1.30. The average Bonchev–Trinajstić information content (AvgIpc) is 2.86. The molecule has 2 N–H and O–H groups in total. The second-order valence-corrected chi connectivity index (χ2v) is 5.83. The average molecular weight is 308 g/mol. The fourth-order valence-electron chi connectivity index (χ4n) is 2.57. The van der Waals surface area contributed by atoms with Crippen LogP contribution in [0, 0.1) is 11.7 Å². The summed E-state index contributed by atoms with van der Waals surface area (Å²) in [6.07, 6.45) is 0.207. The molecule has 0 saturated carbocycles. The van der Waals surface area contributed by atoms with Crippen molar-refractivity contribution in [2.75, 3.05) is 19.6 Å². The van der Waals surface area contributed by atoms with Crippen molar-refractivity contribution >= 4 is 11.8 Å². The third-order valence-electron chi connectivity index (χ3n) is 4.04. The second kappa shape index (κ2) is 6.44. The van der Waals surface area contributed by atoms with Gasteiger partial charge < -0.3 is 15.3 Å². The standard InChI is InChI=1S/C16H21FN2O3/c1-3-19-9-11(8-14(19)20)15(21)18-10-16(2,22)12-4-6-13(17)7-5-12/h4-7,11,22H,3,8-10H2,1-2H3,(H,18,21). The van der Waals surface area contributed by atoms with Gasteiger partial charge >= 0.3 is 0 Å². The predicted octanol–water partition coefficient (Wildman–Crippen LogP) is 1.02. The first kappa shape index (κ1) is 16.4. The molecular formula is C16H21FN2O3. The Hall–Kier alpha value is -1.95. The summed E-state index contributed by atoms with van der Waals surface area (Å²) in [6.45, 7) is 4.44. The molecule has 2 amide bonds. The van der Waals surface area contributed by atoms with Gasteiger partial charge in [0.15, 0.2) is 0 Å². The van der Waals surface area contributed by atoms with E-state index in [0.717, 1.165) is 0 Å². The molecule has 1 aromatic rings. The van der Waals surface area contributed by atoms with Gasteiger partial charge in [0, 0.05) is 19.5 Å². The Morgan fingerprint density at radius 2 is 2.09 bits per heavy atom. The molecule has 6 heteroatoms. The van der Waals surface area contributed by atoms with Crippen molar-refractivity contribution in [2.24, 2.45) is 5.92 Å². The van der Waals surface area contributed by atoms with Crippen LogP contribution in [0.3, 0.4) is 0 Å². The predicted molar refractivity (Wildman–Crippen MR) is 79.3 cm³/mol. The monoisotopic (exact) mass is 308 g/mol. The first-order valence-corrected chi connectivity index (χ1v) is 7.37. The third-order valence-corrected chi connectivity index (χ3v) is 4.04. The number of carbonyl (C=O) groups is 2. The van der Waals surface area contributed by atoms with Crippen LogP contribution in [0.2, 0.25) is 0 Å². The van der Waals surface area contributed by atoms with E-state index in [1.165, 1.54) is 24.3 Å². The van der Waals surface area contributed by atoms with Crippen LogP contribution in [0.4, 0.5) is 4.39 Å². The molecule has 1 saturated heterocycles. The van der Waals surface area contributed by atoms with E-state index in [9.17, 15) is 19.1 Å². The minimum absolute atomic E-state index is 0.00822. The Bertz CT molecular complexity index is 557. The number of halogens is 1. The Morgan fingerprint density at radius 1 is 1.45 bits per heavy atom. The van der Waals surface area contributed by atoms with Crippen LogP contribution in [0.5, 0.6) is 0 Å². The van der Waals surface area contributed by atoms with E-state index in [0.29, 0.717) is 18.7 Å². The molecule has 0 aromatic heterocycles. The normalized spacial score (nSPS) is 20.8. The molecular weight excluding hydrogens is 287 g/mol. The summed E-state index contributed by atoms with van der Waals surface area (Å²) in [4.78, 5) is 25.4. The number of benzene rings is 1. The Morgan fingerprint density at radius 3 is 2.64 bits per heavy atom. The number of amides is 2. The lowest BCUT2D eigenvalue weighted by molar-refractivity contribution is -0.129. The summed E-state index contributed by atoms with van der Waals surface area (Å²) in [6, 6.07) is 5.50. The van der Waals surface area contributed by atoms with Crippen LogP contribution < -0.4 is 5.32 Å². The molecule has 0 bridgehead atoms. The molecule has 1 fully saturated rings. The molecule has 1 aromatic carbocycles. The van der Waals surface area contributed by atoms with E-state index in [1.54, 1.807) is 11.8 Å². The summed E-state index contributed by atoms with van der Waals surface area (Å²) in [5.74, 6) is -1.02. The lowest BCUT2D eigenvalue weighted by Crippen LogP contribution is -2.41. The van der Waals surface area contributed by atoms with Crippen LogP contribution in [0.25, 0.3) is 0 Å². The highest BCUT2D eigenvalue weighted by atomic mass is 19.1. The first-order chi connectivity index (χ1) is 10.3. The van der Waals surface area contributed by atoms with Gasteiger partial charge in [0.2, 0.25) is 11.8 Å². The van der Waals surface area contributed by atoms with E-state index in [2.05, 4.69) is 5.32 Å². The van der Waals surface area contributed by atoms with Crippen molar-refractivity contribution < 1.29 is 19.1 Å². The van der Waals surface area contributed by atoms with Gasteiger partial charge in [0.1, 0.15) is 11.4 Å². The highest BCUT2D eigenvalue weighted by molar-refractivity contribution is 5.89. The molecule has 22 heavy (non-hydrogen) atoms. The minimum Gasteiger partial charge on any atom is -0.384 e.